The Balaban J connectivity index is 2.57. The van der Waals surface area contributed by atoms with E-state index in [4.69, 9.17) is 28.4 Å². The summed E-state index contributed by atoms with van der Waals surface area (Å²) in [5, 5.41) is 0. The molecule has 1 aromatic rings. The van der Waals surface area contributed by atoms with Crippen LogP contribution >= 0.6 is 0 Å². The number of aryl methyl sites for hydroxylation is 1. The molecular formula is C26H34O10. The van der Waals surface area contributed by atoms with E-state index in [1.165, 1.54) is 13.8 Å². The first kappa shape index (κ1) is 29.0. The fraction of sp³-hybridized carbons (Fsp3) is 0.538. The van der Waals surface area contributed by atoms with Crippen LogP contribution in [0.4, 0.5) is 0 Å². The number of ether oxygens (including phenoxy) is 6. The number of benzene rings is 1. The molecule has 0 aromatic heterocycles. The van der Waals surface area contributed by atoms with Gasteiger partial charge in [-0.05, 0) is 30.0 Å². The molecule has 0 N–H and O–H groups in total. The van der Waals surface area contributed by atoms with Gasteiger partial charge in [0.2, 0.25) is 12.4 Å². The molecule has 10 nitrogen and oxygen atoms in total. The summed E-state index contributed by atoms with van der Waals surface area (Å²) < 4.78 is 33.4. The molecule has 36 heavy (non-hydrogen) atoms. The van der Waals surface area contributed by atoms with Crippen molar-refractivity contribution >= 4 is 23.9 Å². The number of rotatable bonds is 10. The Labute approximate surface area is 210 Å². The van der Waals surface area contributed by atoms with Crippen LogP contribution in [0, 0.1) is 0 Å². The van der Waals surface area contributed by atoms with Gasteiger partial charge >= 0.3 is 23.9 Å². The van der Waals surface area contributed by atoms with Crippen LogP contribution in [-0.2, 0) is 60.6 Å². The minimum absolute atomic E-state index is 0.323. The third kappa shape index (κ3) is 8.17. The normalized spacial score (nSPS) is 23.7. The monoisotopic (exact) mass is 506 g/mol. The quantitative estimate of drug-likeness (QED) is 0.202. The first-order valence-corrected chi connectivity index (χ1v) is 11.7. The minimum Gasteiger partial charge on any atom is -0.455 e. The molecule has 1 saturated heterocycles. The smallest absolute Gasteiger partial charge is 0.305 e. The summed E-state index contributed by atoms with van der Waals surface area (Å²) in [6.07, 6.45) is -1.79. The Morgan fingerprint density at radius 3 is 1.97 bits per heavy atom. The molecule has 0 bridgehead atoms. The van der Waals surface area contributed by atoms with Crippen molar-refractivity contribution in [3.05, 3.63) is 47.0 Å². The summed E-state index contributed by atoms with van der Waals surface area (Å²) in [7, 11) is 0. The van der Waals surface area contributed by atoms with Gasteiger partial charge in [0.15, 0.2) is 12.2 Å². The molecule has 1 aliphatic rings. The molecule has 0 radical (unpaired) electrons. The van der Waals surface area contributed by atoms with E-state index < -0.39 is 54.6 Å². The molecule has 10 heteroatoms. The van der Waals surface area contributed by atoms with Crippen molar-refractivity contribution < 1.29 is 47.6 Å². The van der Waals surface area contributed by atoms with Crippen molar-refractivity contribution in [2.75, 3.05) is 6.61 Å². The molecule has 198 valence electrons. The Kier molecular flexibility index (Phi) is 11.1. The Morgan fingerprint density at radius 2 is 1.42 bits per heavy atom. The van der Waals surface area contributed by atoms with Gasteiger partial charge in [0.05, 0.1) is 13.2 Å². The third-order valence-electron chi connectivity index (χ3n) is 5.33. The number of esters is 4. The van der Waals surface area contributed by atoms with E-state index in [1.54, 1.807) is 6.07 Å². The standard InChI is InChI=1S/C26H34O10/c1-7-9-12-31-14-21-13-20(11-10-19(21)8-2)22-23(32-15(3)27)24(33-16(4)28)25(34-17(5)29)26(36-22)35-18(6)30/h7,9-11,13,22-26H,8,12,14H2,1-6H3/b9-7+/t22-,23-,24+,25-,26?/m0/s1. The minimum atomic E-state index is -1.42. The zero-order chi connectivity index (χ0) is 26.8. The van der Waals surface area contributed by atoms with Crippen LogP contribution in [-0.4, -0.2) is 55.1 Å². The molecule has 1 heterocycles. The highest BCUT2D eigenvalue weighted by atomic mass is 16.7. The summed E-state index contributed by atoms with van der Waals surface area (Å²) in [6.45, 7) is 9.35. The van der Waals surface area contributed by atoms with Crippen LogP contribution in [0.2, 0.25) is 0 Å². The highest BCUT2D eigenvalue weighted by Gasteiger charge is 2.53. The van der Waals surface area contributed by atoms with Gasteiger partial charge in [-0.15, -0.1) is 0 Å². The van der Waals surface area contributed by atoms with Crippen molar-refractivity contribution in [1.82, 2.24) is 0 Å². The molecule has 0 amide bonds. The Bertz CT molecular complexity index is 969. The average molecular weight is 507 g/mol. The van der Waals surface area contributed by atoms with E-state index in [9.17, 15) is 19.2 Å². The number of hydrogen-bond acceptors (Lipinski definition) is 10. The van der Waals surface area contributed by atoms with Gasteiger partial charge < -0.3 is 28.4 Å². The van der Waals surface area contributed by atoms with Crippen LogP contribution in [0.3, 0.4) is 0 Å². The average Bonchev–Trinajstić information content (AvgIpc) is 2.79. The van der Waals surface area contributed by atoms with Gasteiger partial charge in [0.25, 0.3) is 0 Å². The molecule has 0 spiro atoms. The first-order valence-electron chi connectivity index (χ1n) is 11.7. The summed E-state index contributed by atoms with van der Waals surface area (Å²) in [5.41, 5.74) is 2.50. The molecule has 0 aliphatic carbocycles. The maximum absolute atomic E-state index is 12.0. The molecule has 1 aromatic carbocycles. The highest BCUT2D eigenvalue weighted by Crippen LogP contribution is 2.38. The summed E-state index contributed by atoms with van der Waals surface area (Å²) in [5.74, 6) is -2.82. The predicted molar refractivity (Wildman–Crippen MR) is 126 cm³/mol. The lowest BCUT2D eigenvalue weighted by molar-refractivity contribution is -0.298. The van der Waals surface area contributed by atoms with Gasteiger partial charge in [-0.2, -0.15) is 0 Å². The van der Waals surface area contributed by atoms with Crippen molar-refractivity contribution in [2.45, 2.75) is 85.3 Å². The number of hydrogen-bond donors (Lipinski definition) is 0. The van der Waals surface area contributed by atoms with Crippen LogP contribution in [0.15, 0.2) is 30.4 Å². The zero-order valence-corrected chi connectivity index (χ0v) is 21.5. The highest BCUT2D eigenvalue weighted by molar-refractivity contribution is 5.69. The second-order valence-electron chi connectivity index (χ2n) is 8.22. The lowest BCUT2D eigenvalue weighted by atomic mass is 9.91. The van der Waals surface area contributed by atoms with E-state index in [-0.39, 0.29) is 0 Å². The van der Waals surface area contributed by atoms with Gasteiger partial charge in [0.1, 0.15) is 6.10 Å². The van der Waals surface area contributed by atoms with E-state index in [0.29, 0.717) is 18.8 Å². The second-order valence-corrected chi connectivity index (χ2v) is 8.22. The van der Waals surface area contributed by atoms with Crippen molar-refractivity contribution in [3.8, 4) is 0 Å². The molecular weight excluding hydrogens is 472 g/mol. The summed E-state index contributed by atoms with van der Waals surface area (Å²) in [6, 6.07) is 5.53. The number of allylic oxidation sites excluding steroid dienone is 1. The fourth-order valence-corrected chi connectivity index (χ4v) is 3.94. The Hall–Kier alpha value is -3.24. The second kappa shape index (κ2) is 13.7. The van der Waals surface area contributed by atoms with Crippen LogP contribution in [0.25, 0.3) is 0 Å². The van der Waals surface area contributed by atoms with Gasteiger partial charge in [-0.3, -0.25) is 19.2 Å². The maximum Gasteiger partial charge on any atom is 0.305 e. The van der Waals surface area contributed by atoms with Crippen LogP contribution < -0.4 is 0 Å². The lowest BCUT2D eigenvalue weighted by Crippen LogP contribution is -2.59. The van der Waals surface area contributed by atoms with Gasteiger partial charge in [-0.1, -0.05) is 37.3 Å². The zero-order valence-electron chi connectivity index (χ0n) is 21.5. The topological polar surface area (TPSA) is 124 Å². The molecule has 1 unspecified atom stereocenters. The van der Waals surface area contributed by atoms with E-state index in [0.717, 1.165) is 31.4 Å². The van der Waals surface area contributed by atoms with Crippen LogP contribution in [0.5, 0.6) is 0 Å². The Morgan fingerprint density at radius 1 is 0.833 bits per heavy atom. The summed E-state index contributed by atoms with van der Waals surface area (Å²) in [4.78, 5) is 47.7. The maximum atomic E-state index is 12.0. The van der Waals surface area contributed by atoms with Gasteiger partial charge in [-0.25, -0.2) is 0 Å². The molecule has 1 fully saturated rings. The van der Waals surface area contributed by atoms with Crippen molar-refractivity contribution in [3.63, 3.8) is 0 Å². The number of carbonyl (C=O) groups is 4. The van der Waals surface area contributed by atoms with E-state index in [1.807, 2.05) is 38.1 Å². The first-order chi connectivity index (χ1) is 17.1. The molecule has 0 saturated carbocycles. The van der Waals surface area contributed by atoms with Crippen LogP contribution in [0.1, 0.15) is 64.3 Å². The van der Waals surface area contributed by atoms with Gasteiger partial charge in [0, 0.05) is 27.7 Å². The SMILES string of the molecule is C/C=C/COCc1cc([C@@H]2OC(OC(C)=O)[C@@H](OC(C)=O)[C@H](OC(C)=O)[C@H]2OC(C)=O)ccc1CC. The lowest BCUT2D eigenvalue weighted by Gasteiger charge is -2.44. The molecule has 5 atom stereocenters. The largest absolute Gasteiger partial charge is 0.455 e. The summed E-state index contributed by atoms with van der Waals surface area (Å²) >= 11 is 0. The van der Waals surface area contributed by atoms with E-state index >= 15 is 0 Å². The fourth-order valence-electron chi connectivity index (χ4n) is 3.94. The molecule has 2 rings (SSSR count). The van der Waals surface area contributed by atoms with Crippen molar-refractivity contribution in [2.24, 2.45) is 0 Å². The van der Waals surface area contributed by atoms with Crippen molar-refractivity contribution in [1.29, 1.82) is 0 Å². The molecule has 1 aliphatic heterocycles. The third-order valence-corrected chi connectivity index (χ3v) is 5.33. The van der Waals surface area contributed by atoms with E-state index in [2.05, 4.69) is 0 Å². The number of carbonyl (C=O) groups excluding carboxylic acids is 4. The predicted octanol–water partition coefficient (Wildman–Crippen LogP) is 3.10.